The average molecular weight is 369 g/mol. The second-order valence-electron chi connectivity index (χ2n) is 6.32. The molecule has 0 saturated heterocycles. The monoisotopic (exact) mass is 369 g/mol. The molecule has 1 aliphatic heterocycles. The molecule has 1 unspecified atom stereocenters. The number of aliphatic imine (C=N–C) groups is 1. The average Bonchev–Trinajstić information content (AvgIpc) is 2.66. The molecule has 0 aromatic heterocycles. The van der Waals surface area contributed by atoms with Gasteiger partial charge in [0.2, 0.25) is 0 Å². The summed E-state index contributed by atoms with van der Waals surface area (Å²) in [6.45, 7) is 2.96. The van der Waals surface area contributed by atoms with Crippen LogP contribution in [0, 0.1) is 0 Å². The zero-order valence-corrected chi connectivity index (χ0v) is 15.6. The number of carbonyl (C=O) groups is 1. The number of hydrogen-bond acceptors (Lipinski definition) is 5. The Kier molecular flexibility index (Phi) is 5.83. The quantitative estimate of drug-likeness (QED) is 0.767. The Morgan fingerprint density at radius 1 is 1.23 bits per heavy atom. The van der Waals surface area contributed by atoms with Gasteiger partial charge in [0, 0.05) is 11.3 Å². The highest BCUT2D eigenvalue weighted by molar-refractivity contribution is 8.13. The second-order valence-corrected chi connectivity index (χ2v) is 7.43. The zero-order chi connectivity index (χ0) is 18.4. The van der Waals surface area contributed by atoms with Crippen LogP contribution in [0.1, 0.15) is 29.3 Å². The van der Waals surface area contributed by atoms with E-state index in [1.807, 2.05) is 54.6 Å². The van der Waals surface area contributed by atoms with Gasteiger partial charge in [-0.2, -0.15) is 0 Å². The number of rotatable bonds is 6. The van der Waals surface area contributed by atoms with E-state index in [9.17, 15) is 4.79 Å². The summed E-state index contributed by atoms with van der Waals surface area (Å²) in [6.07, 6.45) is 0.931. The van der Waals surface area contributed by atoms with Gasteiger partial charge >= 0.3 is 0 Å². The molecule has 0 fully saturated rings. The van der Waals surface area contributed by atoms with Crippen LogP contribution < -0.4 is 15.8 Å². The van der Waals surface area contributed by atoms with Gasteiger partial charge in [-0.05, 0) is 43.2 Å². The van der Waals surface area contributed by atoms with E-state index in [0.29, 0.717) is 23.9 Å². The van der Waals surface area contributed by atoms with Crippen LogP contribution in [0.25, 0.3) is 0 Å². The normalized spacial score (nSPS) is 19.5. The minimum Gasteiger partial charge on any atom is -0.492 e. The largest absolute Gasteiger partial charge is 0.492 e. The van der Waals surface area contributed by atoms with Crippen LogP contribution in [0.4, 0.5) is 0 Å². The van der Waals surface area contributed by atoms with Crippen LogP contribution in [0.3, 0.4) is 0 Å². The summed E-state index contributed by atoms with van der Waals surface area (Å²) in [7, 11) is 0. The topological polar surface area (TPSA) is 76.7 Å². The lowest BCUT2D eigenvalue weighted by molar-refractivity contribution is 0.0947. The molecule has 5 nitrogen and oxygen atoms in total. The molecule has 3 N–H and O–H groups in total. The maximum Gasteiger partial charge on any atom is 0.251 e. The molecule has 3 rings (SSSR count). The van der Waals surface area contributed by atoms with Gasteiger partial charge in [0.25, 0.3) is 5.91 Å². The summed E-state index contributed by atoms with van der Waals surface area (Å²) in [6, 6.07) is 17.1. The lowest BCUT2D eigenvalue weighted by Crippen LogP contribution is -2.29. The van der Waals surface area contributed by atoms with Gasteiger partial charge in [0.15, 0.2) is 5.17 Å². The van der Waals surface area contributed by atoms with Crippen LogP contribution in [0.2, 0.25) is 0 Å². The number of nitrogens with two attached hydrogens (primary N) is 1. The number of thioether (sulfide) groups is 1. The van der Waals surface area contributed by atoms with Crippen molar-refractivity contribution in [1.82, 2.24) is 5.32 Å². The number of hydrogen-bond donors (Lipinski definition) is 2. The maximum atomic E-state index is 12.3. The highest BCUT2D eigenvalue weighted by Gasteiger charge is 2.29. The molecular weight excluding hydrogens is 346 g/mol. The molecule has 0 radical (unpaired) electrons. The lowest BCUT2D eigenvalue weighted by Gasteiger charge is -2.29. The molecule has 6 heteroatoms. The Labute approximate surface area is 158 Å². The predicted molar refractivity (Wildman–Crippen MR) is 107 cm³/mol. The Morgan fingerprint density at radius 2 is 1.96 bits per heavy atom. The predicted octanol–water partition coefficient (Wildman–Crippen LogP) is 3.16. The molecule has 0 spiro atoms. The van der Waals surface area contributed by atoms with Gasteiger partial charge in [0.1, 0.15) is 12.4 Å². The first-order valence-electron chi connectivity index (χ1n) is 8.61. The third kappa shape index (κ3) is 4.58. The van der Waals surface area contributed by atoms with Crippen molar-refractivity contribution in [2.45, 2.75) is 18.9 Å². The number of nitrogens with one attached hydrogen (secondary N) is 1. The number of nitrogens with zero attached hydrogens (tertiary/aromatic N) is 1. The van der Waals surface area contributed by atoms with E-state index in [2.05, 4.69) is 17.2 Å². The van der Waals surface area contributed by atoms with E-state index >= 15 is 0 Å². The van der Waals surface area contributed by atoms with Gasteiger partial charge in [-0.15, -0.1) is 0 Å². The molecule has 2 aromatic carbocycles. The SMILES string of the molecule is CC1(c2ccc(C(=O)NCCOc3ccccc3)cc2)CCSC(N)=N1. The molecular formula is C20H23N3O2S. The molecule has 1 amide bonds. The first-order chi connectivity index (χ1) is 12.6. The van der Waals surface area contributed by atoms with E-state index in [4.69, 9.17) is 10.5 Å². The summed E-state index contributed by atoms with van der Waals surface area (Å²) < 4.78 is 5.57. The molecule has 1 heterocycles. The standard InChI is InChI=1S/C20H23N3O2S/c1-20(11-14-26-19(21)23-20)16-9-7-15(8-10-16)18(24)22-12-13-25-17-5-3-2-4-6-17/h2-10H,11-14H2,1H3,(H2,21,23)(H,22,24). The van der Waals surface area contributed by atoms with Crippen molar-refractivity contribution >= 4 is 22.8 Å². The maximum absolute atomic E-state index is 12.3. The molecule has 0 saturated carbocycles. The first kappa shape index (κ1) is 18.3. The van der Waals surface area contributed by atoms with Crippen LogP contribution in [-0.2, 0) is 5.54 Å². The Morgan fingerprint density at radius 3 is 2.65 bits per heavy atom. The number of para-hydroxylation sites is 1. The Balaban J connectivity index is 1.53. The Bertz CT molecular complexity index is 777. The van der Waals surface area contributed by atoms with Crippen LogP contribution in [-0.4, -0.2) is 30.0 Å². The molecule has 2 aromatic rings. The molecule has 1 atom stereocenters. The number of benzene rings is 2. The lowest BCUT2D eigenvalue weighted by atomic mass is 9.89. The van der Waals surface area contributed by atoms with Crippen LogP contribution >= 0.6 is 11.8 Å². The van der Waals surface area contributed by atoms with Crippen molar-refractivity contribution in [1.29, 1.82) is 0 Å². The third-order valence-corrected chi connectivity index (χ3v) is 5.16. The zero-order valence-electron chi connectivity index (χ0n) is 14.8. The van der Waals surface area contributed by atoms with Crippen LogP contribution in [0.5, 0.6) is 5.75 Å². The van der Waals surface area contributed by atoms with E-state index < -0.39 is 0 Å². The van der Waals surface area contributed by atoms with Crippen LogP contribution in [0.15, 0.2) is 59.6 Å². The fraction of sp³-hybridized carbons (Fsp3) is 0.300. The van der Waals surface area contributed by atoms with Gasteiger partial charge in [-0.25, -0.2) is 0 Å². The molecule has 136 valence electrons. The number of ether oxygens (including phenoxy) is 1. The van der Waals surface area contributed by atoms with Crippen molar-refractivity contribution in [2.75, 3.05) is 18.9 Å². The Hall–Kier alpha value is -2.47. The highest BCUT2D eigenvalue weighted by Crippen LogP contribution is 2.34. The molecule has 0 bridgehead atoms. The van der Waals surface area contributed by atoms with E-state index in [1.165, 1.54) is 0 Å². The van der Waals surface area contributed by atoms with Gasteiger partial charge in [-0.1, -0.05) is 42.1 Å². The fourth-order valence-corrected chi connectivity index (χ4v) is 3.80. The van der Waals surface area contributed by atoms with Gasteiger partial charge in [0.05, 0.1) is 12.1 Å². The minimum absolute atomic E-state index is 0.111. The summed E-state index contributed by atoms with van der Waals surface area (Å²) in [5.74, 6) is 1.64. The van der Waals surface area contributed by atoms with Crippen molar-refractivity contribution in [3.05, 3.63) is 65.7 Å². The number of amides is 1. The van der Waals surface area contributed by atoms with E-state index in [0.717, 1.165) is 23.5 Å². The minimum atomic E-state index is -0.312. The third-order valence-electron chi connectivity index (χ3n) is 4.36. The van der Waals surface area contributed by atoms with Crippen molar-refractivity contribution in [3.8, 4) is 5.75 Å². The molecule has 26 heavy (non-hydrogen) atoms. The van der Waals surface area contributed by atoms with Gasteiger partial charge < -0.3 is 15.8 Å². The fourth-order valence-electron chi connectivity index (χ4n) is 2.83. The van der Waals surface area contributed by atoms with Crippen molar-refractivity contribution in [3.63, 3.8) is 0 Å². The van der Waals surface area contributed by atoms with E-state index in [-0.39, 0.29) is 11.4 Å². The summed E-state index contributed by atoms with van der Waals surface area (Å²) >= 11 is 1.58. The second kappa shape index (κ2) is 8.27. The summed E-state index contributed by atoms with van der Waals surface area (Å²) in [5, 5.41) is 3.49. The number of amidine groups is 1. The van der Waals surface area contributed by atoms with Crippen molar-refractivity contribution < 1.29 is 9.53 Å². The summed E-state index contributed by atoms with van der Waals surface area (Å²) in [5.41, 5.74) is 7.26. The first-order valence-corrected chi connectivity index (χ1v) is 9.60. The smallest absolute Gasteiger partial charge is 0.251 e. The number of carbonyl (C=O) groups excluding carboxylic acids is 1. The van der Waals surface area contributed by atoms with Gasteiger partial charge in [-0.3, -0.25) is 9.79 Å². The molecule has 1 aliphatic rings. The van der Waals surface area contributed by atoms with Crippen molar-refractivity contribution in [2.24, 2.45) is 10.7 Å². The highest BCUT2D eigenvalue weighted by atomic mass is 32.2. The molecule has 0 aliphatic carbocycles. The van der Waals surface area contributed by atoms with E-state index in [1.54, 1.807) is 11.8 Å². The summed E-state index contributed by atoms with van der Waals surface area (Å²) in [4.78, 5) is 16.8.